The minimum absolute atomic E-state index is 0.166. The fourth-order valence-electron chi connectivity index (χ4n) is 4.00. The first-order chi connectivity index (χ1) is 13.4. The second-order valence-corrected chi connectivity index (χ2v) is 7.86. The molecule has 7 heteroatoms. The molecule has 0 amide bonds. The predicted octanol–water partition coefficient (Wildman–Crippen LogP) is 3.35. The third-order valence-corrected chi connectivity index (χ3v) is 5.44. The number of nitrogens with zero attached hydrogens (tertiary/aromatic N) is 3. The van der Waals surface area contributed by atoms with Gasteiger partial charge in [0, 0.05) is 28.1 Å². The number of nitrogens with two attached hydrogens (primary N) is 2. The molecule has 1 aromatic heterocycles. The maximum Gasteiger partial charge on any atom is 0.131 e. The zero-order valence-corrected chi connectivity index (χ0v) is 16.8. The summed E-state index contributed by atoms with van der Waals surface area (Å²) in [5.74, 6) is 0.589. The van der Waals surface area contributed by atoms with Crippen LogP contribution >= 0.6 is 0 Å². The van der Waals surface area contributed by atoms with Crippen LogP contribution < -0.4 is 11.5 Å². The Kier molecular flexibility index (Phi) is 5.84. The van der Waals surface area contributed by atoms with E-state index in [1.807, 2.05) is 13.8 Å². The highest BCUT2D eigenvalue weighted by Gasteiger charge is 2.40. The smallest absolute Gasteiger partial charge is 0.131 e. The number of oxime groups is 1. The molecule has 0 atom stereocenters. The van der Waals surface area contributed by atoms with Gasteiger partial charge in [-0.25, -0.2) is 9.97 Å². The first-order valence-corrected chi connectivity index (χ1v) is 9.68. The van der Waals surface area contributed by atoms with Crippen molar-refractivity contribution in [3.8, 4) is 17.0 Å². The van der Waals surface area contributed by atoms with Crippen molar-refractivity contribution in [1.82, 2.24) is 9.97 Å². The van der Waals surface area contributed by atoms with Gasteiger partial charge >= 0.3 is 0 Å². The summed E-state index contributed by atoms with van der Waals surface area (Å²) < 4.78 is 0. The largest absolute Gasteiger partial charge is 0.508 e. The number of benzene rings is 1. The number of aromatic hydroxyl groups is 1. The molecule has 0 saturated heterocycles. The zero-order valence-electron chi connectivity index (χ0n) is 16.8. The molecule has 0 spiro atoms. The second-order valence-electron chi connectivity index (χ2n) is 7.86. The van der Waals surface area contributed by atoms with Gasteiger partial charge in [0.25, 0.3) is 0 Å². The summed E-state index contributed by atoms with van der Waals surface area (Å²) in [6.45, 7) is 3.97. The summed E-state index contributed by atoms with van der Waals surface area (Å²) in [6, 6.07) is 5.62. The van der Waals surface area contributed by atoms with Crippen LogP contribution in [0.2, 0.25) is 0 Å². The van der Waals surface area contributed by atoms with Gasteiger partial charge in [0.05, 0.1) is 11.4 Å². The number of nitrogen functional groups attached to an aromatic ring is 1. The topological polar surface area (TPSA) is 120 Å². The maximum absolute atomic E-state index is 9.79. The van der Waals surface area contributed by atoms with E-state index in [2.05, 4.69) is 15.1 Å². The minimum Gasteiger partial charge on any atom is -0.508 e. The lowest BCUT2D eigenvalue weighted by molar-refractivity contribution is 0.211. The molecule has 2 aliphatic rings. The van der Waals surface area contributed by atoms with E-state index in [4.69, 9.17) is 16.3 Å². The SMILES string of the molecule is CO/N=C1\c2cc(O)ccc2-c2ncnc(N)c2C1(C)C.NC1CCCCC1. The molecule has 0 bridgehead atoms. The van der Waals surface area contributed by atoms with E-state index in [1.165, 1.54) is 45.5 Å². The number of anilines is 1. The molecule has 5 N–H and O–H groups in total. The van der Waals surface area contributed by atoms with E-state index in [1.54, 1.807) is 18.2 Å². The van der Waals surface area contributed by atoms with Gasteiger partial charge in [0.2, 0.25) is 0 Å². The molecule has 0 aliphatic heterocycles. The van der Waals surface area contributed by atoms with Crippen molar-refractivity contribution < 1.29 is 9.94 Å². The van der Waals surface area contributed by atoms with Crippen LogP contribution in [0.1, 0.15) is 57.1 Å². The number of hydrogen-bond donors (Lipinski definition) is 3. The summed E-state index contributed by atoms with van der Waals surface area (Å²) in [6.07, 6.45) is 8.11. The maximum atomic E-state index is 9.79. The summed E-state index contributed by atoms with van der Waals surface area (Å²) in [4.78, 5) is 13.5. The van der Waals surface area contributed by atoms with Crippen molar-refractivity contribution >= 4 is 11.5 Å². The molecule has 28 heavy (non-hydrogen) atoms. The van der Waals surface area contributed by atoms with Gasteiger partial charge in [-0.05, 0) is 44.9 Å². The highest BCUT2D eigenvalue weighted by molar-refractivity contribution is 6.15. The standard InChI is InChI=1S/C15H16N4O2.C6H13N/c1-15(2)11-12(17-7-18-14(11)16)9-5-4-8(20)6-10(9)13(15)19-21-3;7-6-4-2-1-3-5-6/h4-7,20H,1-3H3,(H2,16,17,18);6H,1-5,7H2/b19-13+;. The highest BCUT2D eigenvalue weighted by Crippen LogP contribution is 2.45. The zero-order chi connectivity index (χ0) is 20.3. The lowest BCUT2D eigenvalue weighted by atomic mass is 9.70. The Labute approximate surface area is 165 Å². The van der Waals surface area contributed by atoms with Crippen molar-refractivity contribution in [2.75, 3.05) is 12.8 Å². The summed E-state index contributed by atoms with van der Waals surface area (Å²) >= 11 is 0. The molecule has 2 aliphatic carbocycles. The van der Waals surface area contributed by atoms with Crippen LogP contribution in [0.4, 0.5) is 5.82 Å². The van der Waals surface area contributed by atoms with Crippen LogP contribution in [0.5, 0.6) is 5.75 Å². The van der Waals surface area contributed by atoms with E-state index in [0.717, 1.165) is 22.4 Å². The number of phenolic OH excluding ortho intramolecular Hbond substituents is 1. The van der Waals surface area contributed by atoms with Crippen molar-refractivity contribution in [2.24, 2.45) is 10.9 Å². The van der Waals surface area contributed by atoms with Gasteiger partial charge in [-0.1, -0.05) is 24.4 Å². The molecule has 4 rings (SSSR count). The Morgan fingerprint density at radius 3 is 2.46 bits per heavy atom. The lowest BCUT2D eigenvalue weighted by Crippen LogP contribution is -2.36. The number of hydrogen-bond acceptors (Lipinski definition) is 7. The molecule has 7 nitrogen and oxygen atoms in total. The van der Waals surface area contributed by atoms with Crippen molar-refractivity contribution in [1.29, 1.82) is 0 Å². The molecule has 2 aromatic rings. The number of fused-ring (bicyclic) bond motifs is 3. The second kappa shape index (κ2) is 8.14. The Morgan fingerprint density at radius 2 is 1.86 bits per heavy atom. The van der Waals surface area contributed by atoms with Gasteiger partial charge in [0.1, 0.15) is 25.0 Å². The molecule has 0 unspecified atom stereocenters. The van der Waals surface area contributed by atoms with E-state index >= 15 is 0 Å². The molecule has 1 heterocycles. The third-order valence-electron chi connectivity index (χ3n) is 5.44. The molecular formula is C21H29N5O2. The van der Waals surface area contributed by atoms with Crippen LogP contribution in [-0.4, -0.2) is 33.9 Å². The molecule has 1 aromatic carbocycles. The van der Waals surface area contributed by atoms with Crippen LogP contribution in [-0.2, 0) is 10.3 Å². The molecule has 0 radical (unpaired) electrons. The van der Waals surface area contributed by atoms with Gasteiger partial charge in [-0.15, -0.1) is 0 Å². The van der Waals surface area contributed by atoms with E-state index in [9.17, 15) is 5.11 Å². The molecule has 150 valence electrons. The summed E-state index contributed by atoms with van der Waals surface area (Å²) in [5.41, 5.74) is 15.1. The van der Waals surface area contributed by atoms with E-state index in [-0.39, 0.29) is 5.75 Å². The quantitative estimate of drug-likeness (QED) is 0.650. The predicted molar refractivity (Wildman–Crippen MR) is 111 cm³/mol. The van der Waals surface area contributed by atoms with Gasteiger partial charge < -0.3 is 21.4 Å². The lowest BCUT2D eigenvalue weighted by Gasteiger charge is -2.34. The van der Waals surface area contributed by atoms with Gasteiger partial charge in [-0.3, -0.25) is 0 Å². The summed E-state index contributed by atoms with van der Waals surface area (Å²) in [7, 11) is 1.49. The van der Waals surface area contributed by atoms with Crippen molar-refractivity contribution in [3.63, 3.8) is 0 Å². The summed E-state index contributed by atoms with van der Waals surface area (Å²) in [5, 5.41) is 13.9. The van der Waals surface area contributed by atoms with E-state index in [0.29, 0.717) is 17.6 Å². The van der Waals surface area contributed by atoms with Crippen molar-refractivity contribution in [3.05, 3.63) is 35.7 Å². The highest BCUT2D eigenvalue weighted by atomic mass is 16.6. The third kappa shape index (κ3) is 3.80. The Morgan fingerprint density at radius 1 is 1.14 bits per heavy atom. The normalized spacial score (nSPS) is 19.2. The Hall–Kier alpha value is -2.67. The van der Waals surface area contributed by atoms with Crippen molar-refractivity contribution in [2.45, 2.75) is 57.4 Å². The number of aromatic nitrogens is 2. The average Bonchev–Trinajstić information content (AvgIpc) is 2.66. The first-order valence-electron chi connectivity index (χ1n) is 9.68. The van der Waals surface area contributed by atoms with Crippen LogP contribution in [0.15, 0.2) is 29.7 Å². The first kappa shape index (κ1) is 20.1. The minimum atomic E-state index is -0.530. The Balaban J connectivity index is 0.000000271. The van der Waals surface area contributed by atoms with Crippen LogP contribution in [0, 0.1) is 0 Å². The molecule has 1 saturated carbocycles. The fourth-order valence-corrected chi connectivity index (χ4v) is 4.00. The number of rotatable bonds is 1. The molecule has 1 fully saturated rings. The monoisotopic (exact) mass is 383 g/mol. The number of phenols is 1. The van der Waals surface area contributed by atoms with Gasteiger partial charge in [-0.2, -0.15) is 0 Å². The Bertz CT molecular complexity index is 873. The van der Waals surface area contributed by atoms with Crippen LogP contribution in [0.3, 0.4) is 0 Å². The fraction of sp³-hybridized carbons (Fsp3) is 0.476. The molecular weight excluding hydrogens is 354 g/mol. The van der Waals surface area contributed by atoms with E-state index < -0.39 is 5.41 Å². The van der Waals surface area contributed by atoms with Gasteiger partial charge in [0.15, 0.2) is 0 Å². The average molecular weight is 383 g/mol. The van der Waals surface area contributed by atoms with Crippen LogP contribution in [0.25, 0.3) is 11.3 Å².